The second-order valence-corrected chi connectivity index (χ2v) is 4.92. The van der Waals surface area contributed by atoms with E-state index in [1.54, 1.807) is 7.05 Å². The predicted molar refractivity (Wildman–Crippen MR) is 70.6 cm³/mol. The third-order valence-corrected chi connectivity index (χ3v) is 2.68. The molecule has 0 spiro atoms. The molecule has 3 N–H and O–H groups in total. The molecule has 6 heteroatoms. The largest absolute Gasteiger partial charge is 0.417 e. The van der Waals surface area contributed by atoms with E-state index >= 15 is 0 Å². The van der Waals surface area contributed by atoms with Crippen molar-refractivity contribution in [2.45, 2.75) is 20.0 Å². The van der Waals surface area contributed by atoms with Gasteiger partial charge in [-0.3, -0.25) is 5.41 Å². The SMILES string of the molecule is CC(C)CN(C)c1ccc(C(F)(F)F)c(C(=N)N)c1. The first-order chi connectivity index (χ1) is 8.62. The van der Waals surface area contributed by atoms with Crippen molar-refractivity contribution in [3.8, 4) is 0 Å². The van der Waals surface area contributed by atoms with Crippen LogP contribution in [0, 0.1) is 11.3 Å². The van der Waals surface area contributed by atoms with Gasteiger partial charge in [-0.2, -0.15) is 13.2 Å². The van der Waals surface area contributed by atoms with E-state index in [0.717, 1.165) is 6.07 Å². The van der Waals surface area contributed by atoms with Crippen LogP contribution in [0.4, 0.5) is 18.9 Å². The number of nitrogens with one attached hydrogen (secondary N) is 1. The maximum atomic E-state index is 12.8. The highest BCUT2D eigenvalue weighted by molar-refractivity contribution is 5.97. The van der Waals surface area contributed by atoms with Gasteiger partial charge in [-0.25, -0.2) is 0 Å². The van der Waals surface area contributed by atoms with Crippen LogP contribution >= 0.6 is 0 Å². The van der Waals surface area contributed by atoms with Crippen molar-refractivity contribution >= 4 is 11.5 Å². The minimum absolute atomic E-state index is 0.277. The van der Waals surface area contributed by atoms with Crippen molar-refractivity contribution in [1.29, 1.82) is 5.41 Å². The van der Waals surface area contributed by atoms with Crippen molar-refractivity contribution in [3.63, 3.8) is 0 Å². The van der Waals surface area contributed by atoms with Gasteiger partial charge in [0.2, 0.25) is 0 Å². The summed E-state index contributed by atoms with van der Waals surface area (Å²) >= 11 is 0. The molecule has 0 atom stereocenters. The Bertz CT molecular complexity index is 467. The van der Waals surface area contributed by atoms with E-state index in [9.17, 15) is 13.2 Å². The second-order valence-electron chi connectivity index (χ2n) is 4.92. The average molecular weight is 273 g/mol. The van der Waals surface area contributed by atoms with Gasteiger partial charge in [0.05, 0.1) is 5.56 Å². The molecular weight excluding hydrogens is 255 g/mol. The van der Waals surface area contributed by atoms with Gasteiger partial charge in [-0.15, -0.1) is 0 Å². The Hall–Kier alpha value is -1.72. The molecule has 0 radical (unpaired) electrons. The summed E-state index contributed by atoms with van der Waals surface area (Å²) in [5.41, 5.74) is 4.71. The molecule has 0 heterocycles. The Morgan fingerprint density at radius 1 is 1.37 bits per heavy atom. The van der Waals surface area contributed by atoms with Gasteiger partial charge in [0, 0.05) is 24.8 Å². The predicted octanol–water partition coefficient (Wildman–Crippen LogP) is 3.08. The molecule has 1 aromatic carbocycles. The van der Waals surface area contributed by atoms with Crippen LogP contribution in [0.25, 0.3) is 0 Å². The summed E-state index contributed by atoms with van der Waals surface area (Å²) < 4.78 is 38.4. The summed E-state index contributed by atoms with van der Waals surface area (Å²) in [6.45, 7) is 4.75. The van der Waals surface area contributed by atoms with Gasteiger partial charge in [-0.05, 0) is 24.1 Å². The Balaban J connectivity index is 3.20. The van der Waals surface area contributed by atoms with Gasteiger partial charge in [0.25, 0.3) is 0 Å². The van der Waals surface area contributed by atoms with Gasteiger partial charge in [-0.1, -0.05) is 13.8 Å². The van der Waals surface area contributed by atoms with Gasteiger partial charge in [0.15, 0.2) is 0 Å². The Morgan fingerprint density at radius 2 is 1.95 bits per heavy atom. The van der Waals surface area contributed by atoms with Crippen molar-refractivity contribution < 1.29 is 13.2 Å². The van der Waals surface area contributed by atoms with Crippen LogP contribution in [0.15, 0.2) is 18.2 Å². The molecule has 0 fully saturated rings. The maximum absolute atomic E-state index is 12.8. The van der Waals surface area contributed by atoms with E-state index in [4.69, 9.17) is 11.1 Å². The zero-order valence-electron chi connectivity index (χ0n) is 11.2. The van der Waals surface area contributed by atoms with Gasteiger partial charge in [0.1, 0.15) is 5.84 Å². The minimum Gasteiger partial charge on any atom is -0.384 e. The molecule has 0 aliphatic carbocycles. The Labute approximate surface area is 110 Å². The first-order valence-corrected chi connectivity index (χ1v) is 5.89. The number of nitrogens with two attached hydrogens (primary N) is 1. The number of hydrogen-bond acceptors (Lipinski definition) is 2. The van der Waals surface area contributed by atoms with E-state index in [2.05, 4.69) is 0 Å². The summed E-state index contributed by atoms with van der Waals surface area (Å²) in [5.74, 6) is -0.194. The molecule has 0 aliphatic rings. The fourth-order valence-electron chi connectivity index (χ4n) is 1.89. The number of halogens is 3. The number of amidine groups is 1. The van der Waals surface area contributed by atoms with E-state index < -0.39 is 17.6 Å². The van der Waals surface area contributed by atoms with E-state index in [1.807, 2.05) is 18.7 Å². The quantitative estimate of drug-likeness (QED) is 0.654. The molecular formula is C13H18F3N3. The molecule has 0 aromatic heterocycles. The molecule has 19 heavy (non-hydrogen) atoms. The van der Waals surface area contributed by atoms with E-state index in [0.29, 0.717) is 18.2 Å². The van der Waals surface area contributed by atoms with Crippen molar-refractivity contribution in [2.24, 2.45) is 11.7 Å². The third kappa shape index (κ3) is 3.87. The van der Waals surface area contributed by atoms with Crippen molar-refractivity contribution in [3.05, 3.63) is 29.3 Å². The fraction of sp³-hybridized carbons (Fsp3) is 0.462. The normalized spacial score (nSPS) is 11.7. The molecule has 0 saturated carbocycles. The molecule has 0 bridgehead atoms. The molecule has 106 valence electrons. The molecule has 1 aromatic rings. The average Bonchev–Trinajstić information content (AvgIpc) is 2.25. The Morgan fingerprint density at radius 3 is 2.37 bits per heavy atom. The Kier molecular flexibility index (Phi) is 4.44. The lowest BCUT2D eigenvalue weighted by Crippen LogP contribution is -2.24. The zero-order valence-corrected chi connectivity index (χ0v) is 11.2. The van der Waals surface area contributed by atoms with E-state index in [-0.39, 0.29) is 5.56 Å². The van der Waals surface area contributed by atoms with Gasteiger partial charge >= 0.3 is 6.18 Å². The highest BCUT2D eigenvalue weighted by Crippen LogP contribution is 2.33. The van der Waals surface area contributed by atoms with Crippen LogP contribution in [-0.2, 0) is 6.18 Å². The van der Waals surface area contributed by atoms with Crippen molar-refractivity contribution in [2.75, 3.05) is 18.5 Å². The lowest BCUT2D eigenvalue weighted by atomic mass is 10.0. The van der Waals surface area contributed by atoms with Crippen LogP contribution in [0.3, 0.4) is 0 Å². The maximum Gasteiger partial charge on any atom is 0.417 e. The number of nitrogens with zero attached hydrogens (tertiary/aromatic N) is 1. The molecule has 0 aliphatic heterocycles. The highest BCUT2D eigenvalue weighted by Gasteiger charge is 2.34. The monoisotopic (exact) mass is 273 g/mol. The lowest BCUT2D eigenvalue weighted by molar-refractivity contribution is -0.137. The summed E-state index contributed by atoms with van der Waals surface area (Å²) in [5, 5.41) is 7.29. The van der Waals surface area contributed by atoms with Crippen LogP contribution in [0.1, 0.15) is 25.0 Å². The number of anilines is 1. The van der Waals surface area contributed by atoms with Crippen LogP contribution in [0.5, 0.6) is 0 Å². The standard InChI is InChI=1S/C13H18F3N3/c1-8(2)7-19(3)9-4-5-11(13(14,15)16)10(6-9)12(17)18/h4-6,8H,7H2,1-3H3,(H3,17,18). The molecule has 0 amide bonds. The second kappa shape index (κ2) is 5.50. The first-order valence-electron chi connectivity index (χ1n) is 5.89. The third-order valence-electron chi connectivity index (χ3n) is 2.68. The minimum atomic E-state index is -4.50. The van der Waals surface area contributed by atoms with Crippen molar-refractivity contribution in [1.82, 2.24) is 0 Å². The van der Waals surface area contributed by atoms with Gasteiger partial charge < -0.3 is 10.6 Å². The number of hydrogen-bond donors (Lipinski definition) is 2. The lowest BCUT2D eigenvalue weighted by Gasteiger charge is -2.23. The molecule has 3 nitrogen and oxygen atoms in total. The van der Waals surface area contributed by atoms with Crippen LogP contribution in [0.2, 0.25) is 0 Å². The number of alkyl halides is 3. The molecule has 0 saturated heterocycles. The fourth-order valence-corrected chi connectivity index (χ4v) is 1.89. The van der Waals surface area contributed by atoms with E-state index in [1.165, 1.54) is 12.1 Å². The molecule has 0 unspecified atom stereocenters. The number of nitrogen functional groups attached to an aromatic ring is 1. The number of benzene rings is 1. The summed E-state index contributed by atoms with van der Waals surface area (Å²) in [6, 6.07) is 3.69. The van der Waals surface area contributed by atoms with Crippen LogP contribution in [-0.4, -0.2) is 19.4 Å². The summed E-state index contributed by atoms with van der Waals surface area (Å²) in [6.07, 6.45) is -4.50. The smallest absolute Gasteiger partial charge is 0.384 e. The topological polar surface area (TPSA) is 53.1 Å². The first kappa shape index (κ1) is 15.3. The zero-order chi connectivity index (χ0) is 14.8. The van der Waals surface area contributed by atoms with Crippen LogP contribution < -0.4 is 10.6 Å². The molecule has 1 rings (SSSR count). The summed E-state index contributed by atoms with van der Waals surface area (Å²) in [7, 11) is 1.80. The highest BCUT2D eigenvalue weighted by atomic mass is 19.4. The summed E-state index contributed by atoms with van der Waals surface area (Å²) in [4.78, 5) is 1.84. The number of rotatable bonds is 4.